The molecule has 1 rings (SSSR count). The van der Waals surface area contributed by atoms with Crippen LogP contribution in [0.15, 0.2) is 0 Å². The summed E-state index contributed by atoms with van der Waals surface area (Å²) in [6.45, 7) is 1.90. The first-order valence-corrected chi connectivity index (χ1v) is 3.74. The van der Waals surface area contributed by atoms with Crippen LogP contribution in [0.2, 0.25) is 0 Å². The molecule has 0 aromatic rings. The quantitative estimate of drug-likeness (QED) is 0.346. The second-order valence-electron chi connectivity index (χ2n) is 3.10. The van der Waals surface area contributed by atoms with E-state index in [1.165, 1.54) is 0 Å². The van der Waals surface area contributed by atoms with Gasteiger partial charge in [0.05, 0.1) is 0 Å². The number of nitrogens with two attached hydrogens (primary N) is 2. The molecule has 0 saturated carbocycles. The van der Waals surface area contributed by atoms with Gasteiger partial charge in [-0.25, -0.2) is 0 Å². The second-order valence-corrected chi connectivity index (χ2v) is 3.10. The highest BCUT2D eigenvalue weighted by Gasteiger charge is 2.33. The monoisotopic (exact) mass is 155 g/mol. The Kier molecular flexibility index (Phi) is 2.54. The lowest BCUT2D eigenvalue weighted by atomic mass is 9.97. The first-order chi connectivity index (χ1) is 5.02. The summed E-state index contributed by atoms with van der Waals surface area (Å²) in [6.07, 6.45) is 1.14. The lowest BCUT2D eigenvalue weighted by Gasteiger charge is -2.27. The van der Waals surface area contributed by atoms with Crippen LogP contribution >= 0.6 is 0 Å². The lowest BCUT2D eigenvalue weighted by Crippen LogP contribution is -2.56. The summed E-state index contributed by atoms with van der Waals surface area (Å²) in [5.74, 6) is 0. The van der Waals surface area contributed by atoms with E-state index < -0.39 is 12.0 Å². The van der Waals surface area contributed by atoms with Crippen LogP contribution in [-0.2, 0) is 4.74 Å². The maximum Gasteiger partial charge on any atom is 0.117 e. The van der Waals surface area contributed by atoms with Gasteiger partial charge in [-0.1, -0.05) is 0 Å². The zero-order valence-electron chi connectivity index (χ0n) is 6.71. The average Bonchev–Trinajstić information content (AvgIpc) is 2.08. The summed E-state index contributed by atoms with van der Waals surface area (Å²) in [5, 5.41) is 2.90. The highest BCUT2D eigenvalue weighted by Crippen LogP contribution is 2.25. The first-order valence-electron chi connectivity index (χ1n) is 3.74. The molecule has 1 heterocycles. The standard InChI is InChI=1S/C6H14BN3O/c1-6(10-5(8)9)3-2-4(7)11-6/h4-5,10H,2-3,8-9H2,1H3/t4-,6-/m1/s1. The van der Waals surface area contributed by atoms with Crippen LogP contribution in [0.25, 0.3) is 0 Å². The van der Waals surface area contributed by atoms with Crippen molar-refractivity contribution < 1.29 is 4.74 Å². The van der Waals surface area contributed by atoms with Crippen molar-refractivity contribution in [3.63, 3.8) is 0 Å². The van der Waals surface area contributed by atoms with E-state index in [1.807, 2.05) is 6.92 Å². The van der Waals surface area contributed by atoms with Crippen LogP contribution < -0.4 is 16.8 Å². The van der Waals surface area contributed by atoms with Crippen LogP contribution in [0.4, 0.5) is 0 Å². The molecule has 0 bridgehead atoms. The Morgan fingerprint density at radius 1 is 1.73 bits per heavy atom. The van der Waals surface area contributed by atoms with Gasteiger partial charge in [-0.2, -0.15) is 0 Å². The molecule has 62 valence electrons. The molecule has 2 radical (unpaired) electrons. The van der Waals surface area contributed by atoms with Gasteiger partial charge in [-0.3, -0.25) is 5.32 Å². The fourth-order valence-electron chi connectivity index (χ4n) is 1.33. The number of nitrogens with one attached hydrogen (secondary N) is 1. The zero-order valence-corrected chi connectivity index (χ0v) is 6.71. The Bertz CT molecular complexity index is 144. The molecule has 0 aromatic heterocycles. The molecule has 2 atom stereocenters. The van der Waals surface area contributed by atoms with Gasteiger partial charge >= 0.3 is 0 Å². The predicted molar refractivity (Wildman–Crippen MR) is 43.6 cm³/mol. The largest absolute Gasteiger partial charge is 0.367 e. The predicted octanol–water partition coefficient (Wildman–Crippen LogP) is -1.20. The molecule has 1 saturated heterocycles. The van der Waals surface area contributed by atoms with Crippen molar-refractivity contribution in [1.82, 2.24) is 5.32 Å². The van der Waals surface area contributed by atoms with Crippen molar-refractivity contribution in [3.05, 3.63) is 0 Å². The topological polar surface area (TPSA) is 73.3 Å². The van der Waals surface area contributed by atoms with E-state index in [4.69, 9.17) is 24.1 Å². The Morgan fingerprint density at radius 3 is 2.73 bits per heavy atom. The molecule has 1 aliphatic rings. The molecule has 11 heavy (non-hydrogen) atoms. The molecular formula is C6H14BN3O. The Labute approximate surface area is 68.1 Å². The Balaban J connectivity index is 2.42. The van der Waals surface area contributed by atoms with Gasteiger partial charge in [0.25, 0.3) is 0 Å². The normalized spacial score (nSPS) is 38.4. The van der Waals surface area contributed by atoms with Crippen molar-refractivity contribution in [2.24, 2.45) is 11.5 Å². The lowest BCUT2D eigenvalue weighted by molar-refractivity contribution is -0.0312. The third-order valence-corrected chi connectivity index (χ3v) is 1.79. The zero-order chi connectivity index (χ0) is 8.48. The van der Waals surface area contributed by atoms with Gasteiger partial charge in [-0.15, -0.1) is 0 Å². The summed E-state index contributed by atoms with van der Waals surface area (Å²) in [6, 6.07) is -0.189. The first kappa shape index (κ1) is 9.00. The summed E-state index contributed by atoms with van der Waals surface area (Å²) in [7, 11) is 5.54. The number of hydrogen-bond donors (Lipinski definition) is 3. The van der Waals surface area contributed by atoms with Crippen LogP contribution in [0.3, 0.4) is 0 Å². The molecule has 0 spiro atoms. The molecule has 5 N–H and O–H groups in total. The van der Waals surface area contributed by atoms with Crippen molar-refractivity contribution in [3.8, 4) is 0 Å². The minimum absolute atomic E-state index is 0.189. The number of hydrogen-bond acceptors (Lipinski definition) is 4. The smallest absolute Gasteiger partial charge is 0.117 e. The van der Waals surface area contributed by atoms with Crippen LogP contribution in [0.5, 0.6) is 0 Å². The van der Waals surface area contributed by atoms with E-state index in [0.717, 1.165) is 12.8 Å². The van der Waals surface area contributed by atoms with Gasteiger partial charge in [0, 0.05) is 6.00 Å². The summed E-state index contributed by atoms with van der Waals surface area (Å²) >= 11 is 0. The highest BCUT2D eigenvalue weighted by atomic mass is 16.5. The summed E-state index contributed by atoms with van der Waals surface area (Å²) in [4.78, 5) is 0. The van der Waals surface area contributed by atoms with Crippen LogP contribution in [0.1, 0.15) is 19.8 Å². The van der Waals surface area contributed by atoms with Crippen molar-refractivity contribution in [2.75, 3.05) is 0 Å². The van der Waals surface area contributed by atoms with Crippen molar-refractivity contribution in [1.29, 1.82) is 0 Å². The third-order valence-electron chi connectivity index (χ3n) is 1.79. The highest BCUT2D eigenvalue weighted by molar-refractivity contribution is 6.11. The minimum Gasteiger partial charge on any atom is -0.367 e. The molecule has 0 aliphatic carbocycles. The summed E-state index contributed by atoms with van der Waals surface area (Å²) in [5.41, 5.74) is 10.3. The fourth-order valence-corrected chi connectivity index (χ4v) is 1.33. The molecule has 1 fully saturated rings. The number of ether oxygens (including phenoxy) is 1. The molecule has 4 nitrogen and oxygen atoms in total. The third kappa shape index (κ3) is 2.45. The van der Waals surface area contributed by atoms with Crippen LogP contribution in [0, 0.1) is 0 Å². The average molecular weight is 155 g/mol. The van der Waals surface area contributed by atoms with Crippen LogP contribution in [-0.4, -0.2) is 25.9 Å². The van der Waals surface area contributed by atoms with Gasteiger partial charge in [0.2, 0.25) is 0 Å². The van der Waals surface area contributed by atoms with E-state index in [9.17, 15) is 0 Å². The van der Waals surface area contributed by atoms with Crippen molar-refractivity contribution >= 4 is 7.85 Å². The molecule has 0 amide bonds. The number of rotatable bonds is 2. The van der Waals surface area contributed by atoms with Crippen molar-refractivity contribution in [2.45, 2.75) is 37.8 Å². The SMILES string of the molecule is [B][C@H]1CC[C@](C)(NC(N)N)O1. The molecule has 1 aliphatic heterocycles. The van der Waals surface area contributed by atoms with E-state index in [1.54, 1.807) is 0 Å². The van der Waals surface area contributed by atoms with Gasteiger partial charge < -0.3 is 16.2 Å². The van der Waals surface area contributed by atoms with E-state index in [-0.39, 0.29) is 6.00 Å². The maximum atomic E-state index is 5.54. The second kappa shape index (κ2) is 3.10. The fraction of sp³-hybridized carbons (Fsp3) is 1.00. The summed E-state index contributed by atoms with van der Waals surface area (Å²) < 4.78 is 5.37. The molecule has 5 heteroatoms. The maximum absolute atomic E-state index is 5.54. The van der Waals surface area contributed by atoms with Gasteiger partial charge in [0.15, 0.2) is 0 Å². The van der Waals surface area contributed by atoms with Gasteiger partial charge in [-0.05, 0) is 19.8 Å². The van der Waals surface area contributed by atoms with E-state index in [0.29, 0.717) is 0 Å². The Morgan fingerprint density at radius 2 is 2.36 bits per heavy atom. The molecular weight excluding hydrogens is 141 g/mol. The van der Waals surface area contributed by atoms with E-state index >= 15 is 0 Å². The van der Waals surface area contributed by atoms with E-state index in [2.05, 4.69) is 5.32 Å². The minimum atomic E-state index is -0.551. The Hall–Kier alpha value is -0.0951. The molecule has 0 aromatic carbocycles. The van der Waals surface area contributed by atoms with Gasteiger partial charge in [0.1, 0.15) is 19.9 Å². The molecule has 0 unspecified atom stereocenters.